The Morgan fingerprint density at radius 3 is 2.41 bits per heavy atom. The summed E-state index contributed by atoms with van der Waals surface area (Å²) in [6, 6.07) is 12.5. The van der Waals surface area contributed by atoms with Crippen LogP contribution in [-0.4, -0.2) is 26.9 Å². The highest BCUT2D eigenvalue weighted by atomic mass is 35.5. The van der Waals surface area contributed by atoms with Crippen molar-refractivity contribution in [3.8, 4) is 0 Å². The third-order valence-electron chi connectivity index (χ3n) is 5.87. The number of amides is 1. The predicted molar refractivity (Wildman–Crippen MR) is 115 cm³/mol. The van der Waals surface area contributed by atoms with Crippen LogP contribution in [0.5, 0.6) is 0 Å². The van der Waals surface area contributed by atoms with Gasteiger partial charge in [0.2, 0.25) is 5.91 Å². The average Bonchev–Trinajstić information content (AvgIpc) is 3.29. The number of hydrogen-bond donors (Lipinski definition) is 1. The van der Waals surface area contributed by atoms with Gasteiger partial charge in [0.1, 0.15) is 6.54 Å². The van der Waals surface area contributed by atoms with Gasteiger partial charge in [-0.05, 0) is 73.6 Å². The molecule has 0 radical (unpaired) electrons. The summed E-state index contributed by atoms with van der Waals surface area (Å²) in [5, 5.41) is 3.89. The second-order valence-electron chi connectivity index (χ2n) is 7.79. The van der Waals surface area contributed by atoms with Crippen LogP contribution >= 0.6 is 23.2 Å². The molecule has 0 unspecified atom stereocenters. The Kier molecular flexibility index (Phi) is 5.78. The van der Waals surface area contributed by atoms with Crippen LogP contribution < -0.4 is 9.62 Å². The van der Waals surface area contributed by atoms with Crippen molar-refractivity contribution >= 4 is 44.8 Å². The highest BCUT2D eigenvalue weighted by Gasteiger charge is 2.40. The van der Waals surface area contributed by atoms with Gasteiger partial charge in [-0.25, -0.2) is 8.42 Å². The minimum absolute atomic E-state index is 0.0644. The monoisotopic (exact) mass is 452 g/mol. The van der Waals surface area contributed by atoms with Crippen molar-refractivity contribution in [2.45, 2.75) is 36.6 Å². The summed E-state index contributed by atoms with van der Waals surface area (Å²) in [6.45, 7) is -0.306. The van der Waals surface area contributed by atoms with E-state index in [4.69, 9.17) is 23.2 Å². The maximum absolute atomic E-state index is 13.3. The molecule has 3 atom stereocenters. The Hall–Kier alpha value is -1.76. The Labute approximate surface area is 181 Å². The molecule has 0 aliphatic heterocycles. The van der Waals surface area contributed by atoms with Crippen molar-refractivity contribution in [3.63, 3.8) is 0 Å². The normalized spacial score (nSPS) is 23.2. The number of fused-ring (bicyclic) bond motifs is 2. The first-order chi connectivity index (χ1) is 13.8. The number of carbonyl (C=O) groups excluding carboxylic acids is 1. The van der Waals surface area contributed by atoms with Crippen molar-refractivity contribution in [1.29, 1.82) is 0 Å². The molecular formula is C21H22Cl2N2O3S. The van der Waals surface area contributed by atoms with Gasteiger partial charge in [0.25, 0.3) is 10.0 Å². The van der Waals surface area contributed by atoms with Gasteiger partial charge in [-0.1, -0.05) is 35.7 Å². The summed E-state index contributed by atoms with van der Waals surface area (Å²) in [4.78, 5) is 12.9. The first kappa shape index (κ1) is 20.5. The van der Waals surface area contributed by atoms with E-state index in [1.165, 1.54) is 30.7 Å². The minimum atomic E-state index is -3.97. The molecule has 2 aromatic rings. The molecular weight excluding hydrogens is 431 g/mol. The van der Waals surface area contributed by atoms with Crippen LogP contribution in [0, 0.1) is 11.8 Å². The molecule has 1 N–H and O–H groups in total. The molecule has 0 spiro atoms. The molecule has 4 rings (SSSR count). The van der Waals surface area contributed by atoms with Crippen molar-refractivity contribution in [2.24, 2.45) is 11.8 Å². The third kappa shape index (κ3) is 4.39. The van der Waals surface area contributed by atoms with Gasteiger partial charge >= 0.3 is 0 Å². The summed E-state index contributed by atoms with van der Waals surface area (Å²) in [5.74, 6) is 0.892. The van der Waals surface area contributed by atoms with E-state index in [0.29, 0.717) is 27.6 Å². The molecule has 1 amide bonds. The molecule has 8 heteroatoms. The molecule has 2 bridgehead atoms. The Morgan fingerprint density at radius 1 is 1.03 bits per heavy atom. The van der Waals surface area contributed by atoms with E-state index < -0.39 is 10.0 Å². The summed E-state index contributed by atoms with van der Waals surface area (Å²) in [5.41, 5.74) is 0.343. The van der Waals surface area contributed by atoms with Gasteiger partial charge in [0, 0.05) is 16.1 Å². The van der Waals surface area contributed by atoms with Crippen molar-refractivity contribution in [2.75, 3.05) is 10.8 Å². The van der Waals surface area contributed by atoms with E-state index in [0.717, 1.165) is 23.6 Å². The van der Waals surface area contributed by atoms with Gasteiger partial charge < -0.3 is 5.32 Å². The number of sulfonamides is 1. The van der Waals surface area contributed by atoms with Gasteiger partial charge in [0.05, 0.1) is 10.6 Å². The lowest BCUT2D eigenvalue weighted by atomic mass is 9.95. The fourth-order valence-electron chi connectivity index (χ4n) is 4.48. The van der Waals surface area contributed by atoms with E-state index >= 15 is 0 Å². The van der Waals surface area contributed by atoms with Gasteiger partial charge in [0.15, 0.2) is 0 Å². The number of nitrogens with zero attached hydrogens (tertiary/aromatic N) is 1. The maximum Gasteiger partial charge on any atom is 0.264 e. The van der Waals surface area contributed by atoms with Gasteiger partial charge in [-0.2, -0.15) is 0 Å². The summed E-state index contributed by atoms with van der Waals surface area (Å²) in [6.07, 6.45) is 4.51. The van der Waals surface area contributed by atoms with Crippen molar-refractivity contribution in [3.05, 3.63) is 58.6 Å². The molecule has 0 heterocycles. The smallest absolute Gasteiger partial charge is 0.264 e. The highest BCUT2D eigenvalue weighted by molar-refractivity contribution is 7.92. The van der Waals surface area contributed by atoms with Crippen LogP contribution in [0.4, 0.5) is 5.69 Å². The lowest BCUT2D eigenvalue weighted by Gasteiger charge is -2.27. The number of benzene rings is 2. The fourth-order valence-corrected chi connectivity index (χ4v) is 6.21. The fraction of sp³-hybridized carbons (Fsp3) is 0.381. The molecule has 0 aromatic heterocycles. The van der Waals surface area contributed by atoms with Crippen LogP contribution in [0.2, 0.25) is 10.0 Å². The Balaban J connectivity index is 1.60. The number of halogens is 2. The van der Waals surface area contributed by atoms with Crippen LogP contribution in [0.3, 0.4) is 0 Å². The quantitative estimate of drug-likeness (QED) is 0.701. The van der Waals surface area contributed by atoms with Crippen LogP contribution in [-0.2, 0) is 14.8 Å². The van der Waals surface area contributed by atoms with Crippen molar-refractivity contribution in [1.82, 2.24) is 5.32 Å². The third-order valence-corrected chi connectivity index (χ3v) is 8.14. The molecule has 29 heavy (non-hydrogen) atoms. The van der Waals surface area contributed by atoms with Gasteiger partial charge in [-0.15, -0.1) is 0 Å². The van der Waals surface area contributed by atoms with E-state index in [1.807, 2.05) is 0 Å². The molecule has 2 aliphatic rings. The largest absolute Gasteiger partial charge is 0.352 e. The number of rotatable bonds is 6. The summed E-state index contributed by atoms with van der Waals surface area (Å²) < 4.78 is 27.7. The summed E-state index contributed by atoms with van der Waals surface area (Å²) in [7, 11) is -3.97. The van der Waals surface area contributed by atoms with Crippen molar-refractivity contribution < 1.29 is 13.2 Å². The zero-order valence-electron chi connectivity index (χ0n) is 15.7. The molecule has 5 nitrogen and oxygen atoms in total. The standard InChI is InChI=1S/C21H22Cl2N2O3S/c22-16-6-8-19(9-7-16)29(27,28)25(18-3-1-2-17(23)12-18)13-21(26)24-20-11-14-4-5-15(20)10-14/h1-3,6-9,12,14-15,20H,4-5,10-11,13H2,(H,24,26)/t14-,15-,20-/m1/s1. The maximum atomic E-state index is 13.3. The molecule has 2 aromatic carbocycles. The topological polar surface area (TPSA) is 66.5 Å². The Bertz CT molecular complexity index is 1010. The molecule has 2 saturated carbocycles. The molecule has 2 aliphatic carbocycles. The van der Waals surface area contributed by atoms with E-state index in [1.54, 1.807) is 24.3 Å². The first-order valence-corrected chi connectivity index (χ1v) is 11.9. The van der Waals surface area contributed by atoms with Gasteiger partial charge in [-0.3, -0.25) is 9.10 Å². The Morgan fingerprint density at radius 2 is 1.79 bits per heavy atom. The molecule has 0 saturated heterocycles. The average molecular weight is 453 g/mol. The molecule has 2 fully saturated rings. The zero-order valence-corrected chi connectivity index (χ0v) is 18.1. The zero-order chi connectivity index (χ0) is 20.6. The first-order valence-electron chi connectivity index (χ1n) is 9.66. The molecule has 154 valence electrons. The second-order valence-corrected chi connectivity index (χ2v) is 10.5. The lowest BCUT2D eigenvalue weighted by Crippen LogP contribution is -2.46. The van der Waals surface area contributed by atoms with Crippen LogP contribution in [0.15, 0.2) is 53.4 Å². The van der Waals surface area contributed by atoms with Crippen LogP contribution in [0.25, 0.3) is 0 Å². The van der Waals surface area contributed by atoms with E-state index in [-0.39, 0.29) is 23.4 Å². The second kappa shape index (κ2) is 8.17. The lowest BCUT2D eigenvalue weighted by molar-refractivity contribution is -0.120. The van der Waals surface area contributed by atoms with Crippen LogP contribution in [0.1, 0.15) is 25.7 Å². The summed E-state index contributed by atoms with van der Waals surface area (Å²) >= 11 is 12.0. The number of hydrogen-bond acceptors (Lipinski definition) is 3. The number of anilines is 1. The number of carbonyl (C=O) groups is 1. The SMILES string of the molecule is O=C(CN(c1cccc(Cl)c1)S(=O)(=O)c1ccc(Cl)cc1)N[C@@H]1C[C@@H]2CC[C@@H]1C2. The highest BCUT2D eigenvalue weighted by Crippen LogP contribution is 2.44. The van der Waals surface area contributed by atoms with E-state index in [2.05, 4.69) is 5.32 Å². The van der Waals surface area contributed by atoms with E-state index in [9.17, 15) is 13.2 Å². The number of nitrogens with one attached hydrogen (secondary N) is 1. The minimum Gasteiger partial charge on any atom is -0.352 e. The predicted octanol–water partition coefficient (Wildman–Crippen LogP) is 4.49.